The standard InChI is InChI=1S/C9H18O2/c1-3-11-9(2)7-5-4-6-8(9)10/h8,10H,3-7H2,1-2H3. The fraction of sp³-hybridized carbons (Fsp3) is 1.00. The first kappa shape index (κ1) is 9.01. The first-order chi connectivity index (χ1) is 5.19. The molecule has 0 heterocycles. The van der Waals surface area contributed by atoms with Crippen LogP contribution in [0.2, 0.25) is 0 Å². The van der Waals surface area contributed by atoms with Crippen molar-refractivity contribution in [1.82, 2.24) is 0 Å². The lowest BCUT2D eigenvalue weighted by atomic mass is 9.83. The number of aliphatic hydroxyl groups excluding tert-OH is 1. The minimum Gasteiger partial charge on any atom is -0.390 e. The third-order valence-electron chi connectivity index (χ3n) is 2.58. The zero-order chi connectivity index (χ0) is 8.32. The second kappa shape index (κ2) is 3.55. The highest BCUT2D eigenvalue weighted by Gasteiger charge is 2.35. The van der Waals surface area contributed by atoms with Gasteiger partial charge in [-0.1, -0.05) is 12.8 Å². The van der Waals surface area contributed by atoms with Crippen LogP contribution in [0.4, 0.5) is 0 Å². The molecule has 2 heteroatoms. The van der Waals surface area contributed by atoms with E-state index >= 15 is 0 Å². The number of aliphatic hydroxyl groups is 1. The summed E-state index contributed by atoms with van der Waals surface area (Å²) in [6, 6.07) is 0. The lowest BCUT2D eigenvalue weighted by Crippen LogP contribution is -2.44. The molecule has 66 valence electrons. The number of hydrogen-bond donors (Lipinski definition) is 1. The first-order valence-corrected chi connectivity index (χ1v) is 4.51. The third-order valence-corrected chi connectivity index (χ3v) is 2.58. The van der Waals surface area contributed by atoms with Crippen LogP contribution in [-0.4, -0.2) is 23.4 Å². The van der Waals surface area contributed by atoms with E-state index in [1.807, 2.05) is 13.8 Å². The summed E-state index contributed by atoms with van der Waals surface area (Å²) in [5.74, 6) is 0. The van der Waals surface area contributed by atoms with Crippen molar-refractivity contribution in [2.75, 3.05) is 6.61 Å². The predicted molar refractivity (Wildman–Crippen MR) is 44.5 cm³/mol. The van der Waals surface area contributed by atoms with Gasteiger partial charge in [0.05, 0.1) is 11.7 Å². The first-order valence-electron chi connectivity index (χ1n) is 4.51. The Hall–Kier alpha value is -0.0800. The second-order valence-electron chi connectivity index (χ2n) is 3.51. The van der Waals surface area contributed by atoms with Gasteiger partial charge >= 0.3 is 0 Å². The molecule has 1 N–H and O–H groups in total. The van der Waals surface area contributed by atoms with E-state index in [1.54, 1.807) is 0 Å². The average molecular weight is 158 g/mol. The highest BCUT2D eigenvalue weighted by Crippen LogP contribution is 2.31. The predicted octanol–water partition coefficient (Wildman–Crippen LogP) is 1.72. The van der Waals surface area contributed by atoms with Crippen LogP contribution < -0.4 is 0 Å². The fourth-order valence-electron chi connectivity index (χ4n) is 1.78. The van der Waals surface area contributed by atoms with Crippen LogP contribution in [0.15, 0.2) is 0 Å². The van der Waals surface area contributed by atoms with Crippen molar-refractivity contribution in [3.63, 3.8) is 0 Å². The van der Waals surface area contributed by atoms with Gasteiger partial charge in [0.25, 0.3) is 0 Å². The van der Waals surface area contributed by atoms with Gasteiger partial charge in [-0.25, -0.2) is 0 Å². The van der Waals surface area contributed by atoms with Gasteiger partial charge in [-0.15, -0.1) is 0 Å². The Labute approximate surface area is 68.6 Å². The molecule has 1 saturated carbocycles. The van der Waals surface area contributed by atoms with E-state index in [2.05, 4.69) is 0 Å². The van der Waals surface area contributed by atoms with E-state index in [9.17, 15) is 5.11 Å². The van der Waals surface area contributed by atoms with Gasteiger partial charge in [-0.2, -0.15) is 0 Å². The highest BCUT2D eigenvalue weighted by atomic mass is 16.5. The Bertz CT molecular complexity index is 121. The molecule has 0 amide bonds. The molecular formula is C9H18O2. The van der Waals surface area contributed by atoms with Crippen LogP contribution >= 0.6 is 0 Å². The Morgan fingerprint density at radius 2 is 2.27 bits per heavy atom. The molecule has 2 nitrogen and oxygen atoms in total. The Kier molecular flexibility index (Phi) is 2.90. The van der Waals surface area contributed by atoms with Crippen molar-refractivity contribution >= 4 is 0 Å². The van der Waals surface area contributed by atoms with Crippen molar-refractivity contribution in [2.24, 2.45) is 0 Å². The molecule has 0 spiro atoms. The lowest BCUT2D eigenvalue weighted by Gasteiger charge is -2.37. The molecule has 1 aliphatic carbocycles. The molecule has 0 aliphatic heterocycles. The van der Waals surface area contributed by atoms with Crippen molar-refractivity contribution < 1.29 is 9.84 Å². The summed E-state index contributed by atoms with van der Waals surface area (Å²) < 4.78 is 5.53. The van der Waals surface area contributed by atoms with Crippen LogP contribution in [0.1, 0.15) is 39.5 Å². The van der Waals surface area contributed by atoms with Crippen molar-refractivity contribution in [2.45, 2.75) is 51.2 Å². The highest BCUT2D eigenvalue weighted by molar-refractivity contribution is 4.87. The van der Waals surface area contributed by atoms with Crippen molar-refractivity contribution in [3.05, 3.63) is 0 Å². The van der Waals surface area contributed by atoms with Crippen molar-refractivity contribution in [1.29, 1.82) is 0 Å². The van der Waals surface area contributed by atoms with Crippen LogP contribution in [0.3, 0.4) is 0 Å². The molecule has 11 heavy (non-hydrogen) atoms. The molecule has 0 radical (unpaired) electrons. The van der Waals surface area contributed by atoms with Gasteiger partial charge < -0.3 is 9.84 Å². The van der Waals surface area contributed by atoms with Gasteiger partial charge in [0.2, 0.25) is 0 Å². The topological polar surface area (TPSA) is 29.5 Å². The van der Waals surface area contributed by atoms with E-state index in [0.717, 1.165) is 19.3 Å². The second-order valence-corrected chi connectivity index (χ2v) is 3.51. The number of ether oxygens (including phenoxy) is 1. The smallest absolute Gasteiger partial charge is 0.0912 e. The molecular weight excluding hydrogens is 140 g/mol. The maximum absolute atomic E-state index is 9.63. The summed E-state index contributed by atoms with van der Waals surface area (Å²) >= 11 is 0. The summed E-state index contributed by atoms with van der Waals surface area (Å²) in [6.45, 7) is 4.69. The molecule has 2 atom stereocenters. The molecule has 0 aromatic heterocycles. The molecule has 0 bridgehead atoms. The average Bonchev–Trinajstić information content (AvgIpc) is 1.96. The van der Waals surface area contributed by atoms with Crippen LogP contribution in [-0.2, 0) is 4.74 Å². The van der Waals surface area contributed by atoms with E-state index in [-0.39, 0.29) is 11.7 Å². The fourth-order valence-corrected chi connectivity index (χ4v) is 1.78. The van der Waals surface area contributed by atoms with Gasteiger partial charge in [-0.05, 0) is 26.7 Å². The lowest BCUT2D eigenvalue weighted by molar-refractivity contribution is -0.128. The van der Waals surface area contributed by atoms with E-state index in [4.69, 9.17) is 4.74 Å². The molecule has 1 fully saturated rings. The van der Waals surface area contributed by atoms with E-state index < -0.39 is 0 Å². The Balaban J connectivity index is 2.49. The number of rotatable bonds is 2. The maximum atomic E-state index is 9.63. The van der Waals surface area contributed by atoms with Gasteiger partial charge in [0.15, 0.2) is 0 Å². The minimum absolute atomic E-state index is 0.254. The molecule has 0 saturated heterocycles. The molecule has 0 aromatic rings. The van der Waals surface area contributed by atoms with E-state index in [1.165, 1.54) is 6.42 Å². The SMILES string of the molecule is CCOC1(C)CCCCC1O. The summed E-state index contributed by atoms with van der Waals surface area (Å²) in [6.07, 6.45) is 3.98. The summed E-state index contributed by atoms with van der Waals surface area (Å²) in [4.78, 5) is 0. The molecule has 1 rings (SSSR count). The van der Waals surface area contributed by atoms with Gasteiger partial charge in [0.1, 0.15) is 0 Å². The Morgan fingerprint density at radius 3 is 2.82 bits per heavy atom. The Morgan fingerprint density at radius 1 is 1.55 bits per heavy atom. The van der Waals surface area contributed by atoms with E-state index in [0.29, 0.717) is 6.61 Å². The van der Waals surface area contributed by atoms with Crippen molar-refractivity contribution in [3.8, 4) is 0 Å². The summed E-state index contributed by atoms with van der Waals surface area (Å²) in [5.41, 5.74) is -0.257. The largest absolute Gasteiger partial charge is 0.390 e. The number of hydrogen-bond acceptors (Lipinski definition) is 2. The molecule has 0 aromatic carbocycles. The maximum Gasteiger partial charge on any atom is 0.0912 e. The van der Waals surface area contributed by atoms with Crippen LogP contribution in [0.25, 0.3) is 0 Å². The monoisotopic (exact) mass is 158 g/mol. The zero-order valence-corrected chi connectivity index (χ0v) is 7.47. The summed E-state index contributed by atoms with van der Waals surface area (Å²) in [5, 5.41) is 9.63. The van der Waals surface area contributed by atoms with Crippen LogP contribution in [0.5, 0.6) is 0 Å². The minimum atomic E-state index is -0.257. The normalized spacial score (nSPS) is 39.0. The summed E-state index contributed by atoms with van der Waals surface area (Å²) in [7, 11) is 0. The van der Waals surface area contributed by atoms with Crippen LogP contribution in [0, 0.1) is 0 Å². The van der Waals surface area contributed by atoms with Gasteiger partial charge in [-0.3, -0.25) is 0 Å². The quantitative estimate of drug-likeness (QED) is 0.663. The third kappa shape index (κ3) is 1.94. The molecule has 1 aliphatic rings. The zero-order valence-electron chi connectivity index (χ0n) is 7.47. The van der Waals surface area contributed by atoms with Gasteiger partial charge in [0, 0.05) is 6.61 Å². The molecule has 2 unspecified atom stereocenters.